The fourth-order valence-corrected chi connectivity index (χ4v) is 2.40. The molecule has 6 heteroatoms. The molecule has 2 N–H and O–H groups in total. The Labute approximate surface area is 151 Å². The summed E-state index contributed by atoms with van der Waals surface area (Å²) in [5.41, 5.74) is 2.84. The van der Waals surface area contributed by atoms with Crippen LogP contribution in [0.5, 0.6) is 5.75 Å². The molecule has 1 amide bonds. The maximum Gasteiger partial charge on any atom is 0.274 e. The Morgan fingerprint density at radius 1 is 1.08 bits per heavy atom. The van der Waals surface area contributed by atoms with Gasteiger partial charge >= 0.3 is 0 Å². The van der Waals surface area contributed by atoms with Crippen molar-refractivity contribution in [1.29, 1.82) is 5.26 Å². The van der Waals surface area contributed by atoms with Crippen LogP contribution >= 0.6 is 0 Å². The zero-order chi connectivity index (χ0) is 18.4. The zero-order valence-electron chi connectivity index (χ0n) is 14.1. The number of carbonyl (C=O) groups is 1. The average Bonchev–Trinajstić information content (AvgIpc) is 2.68. The molecule has 0 saturated carbocycles. The van der Waals surface area contributed by atoms with Gasteiger partial charge in [-0.3, -0.25) is 9.78 Å². The minimum Gasteiger partial charge on any atom is -0.495 e. The van der Waals surface area contributed by atoms with E-state index in [1.54, 1.807) is 55.8 Å². The molecule has 26 heavy (non-hydrogen) atoms. The number of nitrogens with zero attached hydrogens (tertiary/aromatic N) is 2. The molecule has 1 heterocycles. The van der Waals surface area contributed by atoms with Gasteiger partial charge in [-0.15, -0.1) is 0 Å². The Bertz CT molecular complexity index is 979. The number of hydrogen-bond donors (Lipinski definition) is 2. The van der Waals surface area contributed by atoms with Gasteiger partial charge in [0.05, 0.1) is 24.4 Å². The van der Waals surface area contributed by atoms with Crippen LogP contribution in [0.3, 0.4) is 0 Å². The SMILES string of the molecule is COc1ccccc1NC(=O)c1cc(Nc2cccc(C#N)c2)ccn1. The smallest absolute Gasteiger partial charge is 0.274 e. The molecule has 2 aromatic carbocycles. The van der Waals surface area contributed by atoms with Crippen LogP contribution in [0.2, 0.25) is 0 Å². The quantitative estimate of drug-likeness (QED) is 0.731. The third-order valence-corrected chi connectivity index (χ3v) is 3.63. The van der Waals surface area contributed by atoms with Gasteiger partial charge in [0.1, 0.15) is 11.4 Å². The Balaban J connectivity index is 1.78. The lowest BCUT2D eigenvalue weighted by Gasteiger charge is -2.11. The summed E-state index contributed by atoms with van der Waals surface area (Å²) in [6.45, 7) is 0. The number of ether oxygens (including phenoxy) is 1. The second kappa shape index (κ2) is 7.81. The van der Waals surface area contributed by atoms with Crippen LogP contribution in [0, 0.1) is 11.3 Å². The highest BCUT2D eigenvalue weighted by Gasteiger charge is 2.11. The van der Waals surface area contributed by atoms with Crippen molar-refractivity contribution in [3.8, 4) is 11.8 Å². The first kappa shape index (κ1) is 17.0. The van der Waals surface area contributed by atoms with Crippen molar-refractivity contribution in [2.45, 2.75) is 0 Å². The number of benzene rings is 2. The highest BCUT2D eigenvalue weighted by molar-refractivity contribution is 6.04. The molecule has 0 bridgehead atoms. The summed E-state index contributed by atoms with van der Waals surface area (Å²) in [7, 11) is 1.54. The van der Waals surface area contributed by atoms with Crippen molar-refractivity contribution >= 4 is 23.0 Å². The van der Waals surface area contributed by atoms with Crippen molar-refractivity contribution in [2.75, 3.05) is 17.7 Å². The maximum absolute atomic E-state index is 12.5. The first-order chi connectivity index (χ1) is 12.7. The van der Waals surface area contributed by atoms with Crippen LogP contribution < -0.4 is 15.4 Å². The molecular formula is C20H16N4O2. The van der Waals surface area contributed by atoms with Gasteiger partial charge in [0.25, 0.3) is 5.91 Å². The lowest BCUT2D eigenvalue weighted by Crippen LogP contribution is -2.14. The van der Waals surface area contributed by atoms with Crippen LogP contribution in [0.15, 0.2) is 66.9 Å². The van der Waals surface area contributed by atoms with Crippen LogP contribution in [0.25, 0.3) is 0 Å². The van der Waals surface area contributed by atoms with Gasteiger partial charge in [0, 0.05) is 17.6 Å². The van der Waals surface area contributed by atoms with Gasteiger partial charge in [-0.25, -0.2) is 0 Å². The van der Waals surface area contributed by atoms with E-state index in [1.807, 2.05) is 18.2 Å². The predicted octanol–water partition coefficient (Wildman–Crippen LogP) is 3.96. The Hall–Kier alpha value is -3.85. The van der Waals surface area contributed by atoms with E-state index in [4.69, 9.17) is 10.00 Å². The molecule has 3 aromatic rings. The number of amides is 1. The van der Waals surface area contributed by atoms with E-state index in [-0.39, 0.29) is 11.6 Å². The van der Waals surface area contributed by atoms with Gasteiger partial charge in [0.15, 0.2) is 0 Å². The molecule has 128 valence electrons. The lowest BCUT2D eigenvalue weighted by molar-refractivity contribution is 0.102. The van der Waals surface area contributed by atoms with E-state index in [2.05, 4.69) is 21.7 Å². The minimum absolute atomic E-state index is 0.261. The number of para-hydroxylation sites is 2. The summed E-state index contributed by atoms with van der Waals surface area (Å²) in [6, 6.07) is 19.7. The highest BCUT2D eigenvalue weighted by Crippen LogP contribution is 2.24. The number of aromatic nitrogens is 1. The second-order valence-electron chi connectivity index (χ2n) is 5.40. The number of methoxy groups -OCH3 is 1. The number of pyridine rings is 1. The molecule has 0 radical (unpaired) electrons. The molecule has 0 aliphatic rings. The molecule has 0 spiro atoms. The number of nitriles is 1. The Morgan fingerprint density at radius 2 is 1.88 bits per heavy atom. The molecule has 6 nitrogen and oxygen atoms in total. The minimum atomic E-state index is -0.344. The molecule has 0 aliphatic heterocycles. The standard InChI is InChI=1S/C20H16N4O2/c1-26-19-8-3-2-7-17(19)24-20(25)18-12-16(9-10-22-18)23-15-6-4-5-14(11-15)13-21/h2-12H,1H3,(H,22,23)(H,24,25). The monoisotopic (exact) mass is 344 g/mol. The van der Waals surface area contributed by atoms with Crippen molar-refractivity contribution in [3.05, 3.63) is 78.1 Å². The van der Waals surface area contributed by atoms with Gasteiger partial charge in [-0.1, -0.05) is 18.2 Å². The van der Waals surface area contributed by atoms with Crippen molar-refractivity contribution < 1.29 is 9.53 Å². The predicted molar refractivity (Wildman–Crippen MR) is 99.6 cm³/mol. The van der Waals surface area contributed by atoms with Crippen LogP contribution in [-0.2, 0) is 0 Å². The average molecular weight is 344 g/mol. The molecule has 0 saturated heterocycles. The number of rotatable bonds is 5. The van der Waals surface area contributed by atoms with Gasteiger partial charge < -0.3 is 15.4 Å². The molecule has 0 fully saturated rings. The third-order valence-electron chi connectivity index (χ3n) is 3.63. The summed E-state index contributed by atoms with van der Waals surface area (Å²) >= 11 is 0. The molecular weight excluding hydrogens is 328 g/mol. The van der Waals surface area contributed by atoms with E-state index in [0.717, 1.165) is 5.69 Å². The topological polar surface area (TPSA) is 87.0 Å². The van der Waals surface area contributed by atoms with Crippen molar-refractivity contribution in [3.63, 3.8) is 0 Å². The van der Waals surface area contributed by atoms with Crippen molar-refractivity contribution in [1.82, 2.24) is 4.98 Å². The molecule has 3 rings (SSSR count). The summed E-state index contributed by atoms with van der Waals surface area (Å²) in [4.78, 5) is 16.6. The largest absolute Gasteiger partial charge is 0.495 e. The highest BCUT2D eigenvalue weighted by atomic mass is 16.5. The third kappa shape index (κ3) is 3.97. The second-order valence-corrected chi connectivity index (χ2v) is 5.40. The first-order valence-electron chi connectivity index (χ1n) is 7.87. The van der Waals surface area contributed by atoms with Crippen LogP contribution in [0.1, 0.15) is 16.1 Å². The number of hydrogen-bond acceptors (Lipinski definition) is 5. The van der Waals surface area contributed by atoms with E-state index in [9.17, 15) is 4.79 Å². The fraction of sp³-hybridized carbons (Fsp3) is 0.0500. The molecule has 0 atom stereocenters. The van der Waals surface area contributed by atoms with Gasteiger partial charge in [-0.05, 0) is 42.5 Å². The van der Waals surface area contributed by atoms with E-state index < -0.39 is 0 Å². The van der Waals surface area contributed by atoms with Crippen molar-refractivity contribution in [2.24, 2.45) is 0 Å². The molecule has 1 aromatic heterocycles. The van der Waals surface area contributed by atoms with E-state index in [0.29, 0.717) is 22.7 Å². The normalized spacial score (nSPS) is 9.85. The van der Waals surface area contributed by atoms with Gasteiger partial charge in [-0.2, -0.15) is 5.26 Å². The maximum atomic E-state index is 12.5. The Morgan fingerprint density at radius 3 is 2.69 bits per heavy atom. The van der Waals surface area contributed by atoms with Crippen LogP contribution in [0.4, 0.5) is 17.1 Å². The number of nitrogens with one attached hydrogen (secondary N) is 2. The van der Waals surface area contributed by atoms with Gasteiger partial charge in [0.2, 0.25) is 0 Å². The molecule has 0 unspecified atom stereocenters. The lowest BCUT2D eigenvalue weighted by atomic mass is 10.2. The van der Waals surface area contributed by atoms with Crippen LogP contribution in [-0.4, -0.2) is 18.0 Å². The van der Waals surface area contributed by atoms with E-state index >= 15 is 0 Å². The fourth-order valence-electron chi connectivity index (χ4n) is 2.40. The summed E-state index contributed by atoms with van der Waals surface area (Å²) in [5, 5.41) is 14.9. The summed E-state index contributed by atoms with van der Waals surface area (Å²) in [5.74, 6) is 0.229. The summed E-state index contributed by atoms with van der Waals surface area (Å²) < 4.78 is 5.23. The number of carbonyl (C=O) groups excluding carboxylic acids is 1. The first-order valence-corrected chi connectivity index (χ1v) is 7.87. The summed E-state index contributed by atoms with van der Waals surface area (Å²) in [6.07, 6.45) is 1.55. The number of anilines is 3. The zero-order valence-corrected chi connectivity index (χ0v) is 14.1. The Kier molecular flexibility index (Phi) is 5.11. The van der Waals surface area contributed by atoms with E-state index in [1.165, 1.54) is 0 Å². The molecule has 0 aliphatic carbocycles.